The van der Waals surface area contributed by atoms with E-state index in [4.69, 9.17) is 9.47 Å². The maximum atomic E-state index is 9.28. The minimum Gasteiger partial charge on any atom is -0.496 e. The van der Waals surface area contributed by atoms with Crippen LogP contribution in [0.15, 0.2) is 18.2 Å². The van der Waals surface area contributed by atoms with E-state index < -0.39 is 7.12 Å². The molecule has 0 amide bonds. The number of nitrogens with zero attached hydrogens (tertiary/aromatic N) is 1. The molecule has 2 N–H and O–H groups in total. The number of hydrogen-bond acceptors (Lipinski definition) is 5. The maximum absolute atomic E-state index is 9.28. The van der Waals surface area contributed by atoms with Crippen LogP contribution in [-0.4, -0.2) is 54.5 Å². The molecule has 1 aliphatic heterocycles. The van der Waals surface area contributed by atoms with Crippen molar-refractivity contribution in [2.24, 2.45) is 0 Å². The van der Waals surface area contributed by atoms with Crippen molar-refractivity contribution in [3.63, 3.8) is 0 Å². The van der Waals surface area contributed by atoms with Gasteiger partial charge in [0, 0.05) is 25.2 Å². The van der Waals surface area contributed by atoms with Crippen molar-refractivity contribution in [1.82, 2.24) is 4.90 Å². The Morgan fingerprint density at radius 1 is 1.40 bits per heavy atom. The highest BCUT2D eigenvalue weighted by atomic mass is 16.5. The van der Waals surface area contributed by atoms with Crippen molar-refractivity contribution in [1.29, 1.82) is 0 Å². The van der Waals surface area contributed by atoms with Gasteiger partial charge in [0.05, 0.1) is 19.3 Å². The molecular formula is C14H22BNO4. The van der Waals surface area contributed by atoms with Crippen LogP contribution in [0.25, 0.3) is 0 Å². The van der Waals surface area contributed by atoms with Gasteiger partial charge in [-0.25, -0.2) is 0 Å². The third-order valence-corrected chi connectivity index (χ3v) is 3.50. The molecule has 1 aromatic carbocycles. The van der Waals surface area contributed by atoms with E-state index in [2.05, 4.69) is 18.7 Å². The molecule has 0 spiro atoms. The average Bonchev–Trinajstić information content (AvgIpc) is 2.37. The monoisotopic (exact) mass is 279 g/mol. The number of methoxy groups -OCH3 is 1. The first-order valence-electron chi connectivity index (χ1n) is 6.80. The van der Waals surface area contributed by atoms with E-state index in [1.165, 1.54) is 0 Å². The molecule has 6 heteroatoms. The van der Waals surface area contributed by atoms with Crippen LogP contribution in [0.2, 0.25) is 0 Å². The van der Waals surface area contributed by atoms with Gasteiger partial charge in [0.2, 0.25) is 0 Å². The Balaban J connectivity index is 2.16. The first-order chi connectivity index (χ1) is 9.41. The molecule has 110 valence electrons. The number of morpholine rings is 1. The lowest BCUT2D eigenvalue weighted by Crippen LogP contribution is -2.47. The minimum absolute atomic E-state index is 0.153. The molecule has 0 atom stereocenters. The molecule has 0 aromatic heterocycles. The molecule has 1 saturated heterocycles. The van der Waals surface area contributed by atoms with Gasteiger partial charge in [0.25, 0.3) is 0 Å². The van der Waals surface area contributed by atoms with Gasteiger partial charge in [-0.1, -0.05) is 12.1 Å². The van der Waals surface area contributed by atoms with Crippen LogP contribution in [0, 0.1) is 0 Å². The molecule has 1 heterocycles. The summed E-state index contributed by atoms with van der Waals surface area (Å²) >= 11 is 0. The Bertz CT molecular complexity index is 464. The normalized spacial score (nSPS) is 18.9. The predicted molar refractivity (Wildman–Crippen MR) is 78.1 cm³/mol. The zero-order chi connectivity index (χ0) is 14.8. The minimum atomic E-state index is -1.46. The van der Waals surface area contributed by atoms with Crippen LogP contribution in [-0.2, 0) is 11.3 Å². The van der Waals surface area contributed by atoms with Gasteiger partial charge in [-0.15, -0.1) is 0 Å². The molecule has 0 unspecified atom stereocenters. The van der Waals surface area contributed by atoms with Crippen LogP contribution < -0.4 is 10.2 Å². The third kappa shape index (κ3) is 3.73. The summed E-state index contributed by atoms with van der Waals surface area (Å²) in [5.41, 5.74) is 1.28. The highest BCUT2D eigenvalue weighted by molar-refractivity contribution is 6.58. The lowest BCUT2D eigenvalue weighted by Gasteiger charge is -2.38. The lowest BCUT2D eigenvalue weighted by atomic mass is 9.79. The summed E-state index contributed by atoms with van der Waals surface area (Å²) < 4.78 is 11.1. The second kappa shape index (κ2) is 6.14. The van der Waals surface area contributed by atoms with Gasteiger partial charge < -0.3 is 19.5 Å². The van der Waals surface area contributed by atoms with Crippen molar-refractivity contribution in [2.75, 3.05) is 26.8 Å². The van der Waals surface area contributed by atoms with E-state index in [1.807, 2.05) is 0 Å². The highest BCUT2D eigenvalue weighted by Crippen LogP contribution is 2.22. The van der Waals surface area contributed by atoms with Crippen LogP contribution >= 0.6 is 0 Å². The van der Waals surface area contributed by atoms with Gasteiger partial charge in [-0.2, -0.15) is 0 Å². The first-order valence-corrected chi connectivity index (χ1v) is 6.80. The number of hydrogen-bond donors (Lipinski definition) is 2. The Morgan fingerprint density at radius 2 is 2.15 bits per heavy atom. The molecular weight excluding hydrogens is 257 g/mol. The lowest BCUT2D eigenvalue weighted by molar-refractivity contribution is -0.0883. The SMILES string of the molecule is COc1ccc(B(O)O)cc1CN1CCOC(C)(C)C1. The summed E-state index contributed by atoms with van der Waals surface area (Å²) in [6, 6.07) is 5.22. The average molecular weight is 279 g/mol. The van der Waals surface area contributed by atoms with Gasteiger partial charge >= 0.3 is 7.12 Å². The van der Waals surface area contributed by atoms with Crippen molar-refractivity contribution < 1.29 is 19.5 Å². The maximum Gasteiger partial charge on any atom is 0.488 e. The summed E-state index contributed by atoms with van der Waals surface area (Å²) in [6.45, 7) is 7.25. The smallest absolute Gasteiger partial charge is 0.488 e. The zero-order valence-electron chi connectivity index (χ0n) is 12.3. The Hall–Kier alpha value is -1.08. The van der Waals surface area contributed by atoms with Gasteiger partial charge in [0.1, 0.15) is 5.75 Å². The topological polar surface area (TPSA) is 62.2 Å². The molecule has 0 aliphatic carbocycles. The number of benzene rings is 1. The zero-order valence-corrected chi connectivity index (χ0v) is 12.3. The molecule has 1 fully saturated rings. The molecule has 1 aromatic rings. The quantitative estimate of drug-likeness (QED) is 0.759. The fraction of sp³-hybridized carbons (Fsp3) is 0.571. The second-order valence-corrected chi connectivity index (χ2v) is 5.76. The fourth-order valence-corrected chi connectivity index (χ4v) is 2.57. The highest BCUT2D eigenvalue weighted by Gasteiger charge is 2.27. The summed E-state index contributed by atoms with van der Waals surface area (Å²) in [5, 5.41) is 18.6. The van der Waals surface area contributed by atoms with Crippen LogP contribution in [0.1, 0.15) is 19.4 Å². The molecule has 5 nitrogen and oxygen atoms in total. The Kier molecular flexibility index (Phi) is 4.70. The summed E-state index contributed by atoms with van der Waals surface area (Å²) in [5.74, 6) is 0.763. The van der Waals surface area contributed by atoms with Crippen LogP contribution in [0.3, 0.4) is 0 Å². The molecule has 2 rings (SSSR count). The third-order valence-electron chi connectivity index (χ3n) is 3.50. The molecule has 0 radical (unpaired) electrons. The summed E-state index contributed by atoms with van der Waals surface area (Å²) in [4.78, 5) is 2.29. The predicted octanol–water partition coefficient (Wildman–Crippen LogP) is -0.0142. The van der Waals surface area contributed by atoms with Crippen molar-refractivity contribution in [2.45, 2.75) is 26.0 Å². The largest absolute Gasteiger partial charge is 0.496 e. The van der Waals surface area contributed by atoms with E-state index >= 15 is 0 Å². The van der Waals surface area contributed by atoms with E-state index in [9.17, 15) is 10.0 Å². The molecule has 0 saturated carbocycles. The van der Waals surface area contributed by atoms with Gasteiger partial charge in [-0.3, -0.25) is 4.90 Å². The molecule has 0 bridgehead atoms. The number of rotatable bonds is 4. The van der Waals surface area contributed by atoms with E-state index in [0.717, 1.165) is 24.4 Å². The second-order valence-electron chi connectivity index (χ2n) is 5.76. The van der Waals surface area contributed by atoms with Crippen LogP contribution in [0.4, 0.5) is 0 Å². The van der Waals surface area contributed by atoms with Crippen molar-refractivity contribution in [3.05, 3.63) is 23.8 Å². The Labute approximate surface area is 120 Å². The van der Waals surface area contributed by atoms with Gasteiger partial charge in [-0.05, 0) is 25.4 Å². The van der Waals surface area contributed by atoms with Crippen molar-refractivity contribution >= 4 is 12.6 Å². The van der Waals surface area contributed by atoms with Crippen molar-refractivity contribution in [3.8, 4) is 5.75 Å². The van der Waals surface area contributed by atoms with Crippen LogP contribution in [0.5, 0.6) is 5.75 Å². The fourth-order valence-electron chi connectivity index (χ4n) is 2.57. The Morgan fingerprint density at radius 3 is 2.75 bits per heavy atom. The first kappa shape index (κ1) is 15.3. The number of ether oxygens (including phenoxy) is 2. The van der Waals surface area contributed by atoms with E-state index in [1.54, 1.807) is 25.3 Å². The van der Waals surface area contributed by atoms with E-state index in [0.29, 0.717) is 18.6 Å². The summed E-state index contributed by atoms with van der Waals surface area (Å²) in [7, 11) is 0.165. The van der Waals surface area contributed by atoms with E-state index in [-0.39, 0.29) is 5.60 Å². The standard InChI is InChI=1S/C14H22BNO4/c1-14(2)10-16(6-7-20-14)9-11-8-12(15(17)18)4-5-13(11)19-3/h4-5,8,17-18H,6-7,9-10H2,1-3H3. The summed E-state index contributed by atoms with van der Waals surface area (Å²) in [6.07, 6.45) is 0. The molecule has 20 heavy (non-hydrogen) atoms. The molecule has 1 aliphatic rings. The van der Waals surface area contributed by atoms with Gasteiger partial charge in [0.15, 0.2) is 0 Å².